The Morgan fingerprint density at radius 2 is 2.22 bits per heavy atom. The van der Waals surface area contributed by atoms with Crippen LogP contribution in [-0.2, 0) is 6.54 Å². The predicted molar refractivity (Wildman–Crippen MR) is 74.1 cm³/mol. The molecule has 1 fully saturated rings. The van der Waals surface area contributed by atoms with Gasteiger partial charge in [-0.2, -0.15) is 5.26 Å². The molecular formula is C16H22N2. The van der Waals surface area contributed by atoms with Crippen molar-refractivity contribution in [3.63, 3.8) is 0 Å². The normalized spacial score (nSPS) is 21.2. The van der Waals surface area contributed by atoms with Gasteiger partial charge in [-0.1, -0.05) is 25.5 Å². The van der Waals surface area contributed by atoms with Crippen LogP contribution in [0.15, 0.2) is 24.3 Å². The van der Waals surface area contributed by atoms with Crippen LogP contribution in [0.2, 0.25) is 0 Å². The first kappa shape index (κ1) is 13.1. The third-order valence-corrected chi connectivity index (χ3v) is 3.98. The third kappa shape index (κ3) is 3.58. The molecule has 1 heterocycles. The van der Waals surface area contributed by atoms with Crippen molar-refractivity contribution in [3.05, 3.63) is 35.4 Å². The van der Waals surface area contributed by atoms with E-state index in [1.165, 1.54) is 44.3 Å². The first-order chi connectivity index (χ1) is 8.81. The highest BCUT2D eigenvalue weighted by molar-refractivity contribution is 5.32. The Balaban J connectivity index is 1.94. The van der Waals surface area contributed by atoms with E-state index < -0.39 is 0 Å². The molecule has 1 aliphatic heterocycles. The molecule has 0 saturated carbocycles. The first-order valence-electron chi connectivity index (χ1n) is 7.03. The zero-order valence-electron chi connectivity index (χ0n) is 11.2. The Morgan fingerprint density at radius 3 is 3.00 bits per heavy atom. The van der Waals surface area contributed by atoms with Gasteiger partial charge in [0, 0.05) is 6.54 Å². The lowest BCUT2D eigenvalue weighted by molar-refractivity contribution is 0.272. The highest BCUT2D eigenvalue weighted by Gasteiger charge is 2.15. The molecule has 2 rings (SSSR count). The molecule has 1 atom stereocenters. The monoisotopic (exact) mass is 242 g/mol. The lowest BCUT2D eigenvalue weighted by Crippen LogP contribution is -2.24. The van der Waals surface area contributed by atoms with E-state index in [2.05, 4.69) is 24.0 Å². The molecule has 96 valence electrons. The average molecular weight is 242 g/mol. The zero-order chi connectivity index (χ0) is 12.8. The summed E-state index contributed by atoms with van der Waals surface area (Å²) in [5, 5.41) is 8.92. The Kier molecular flexibility index (Phi) is 4.78. The maximum absolute atomic E-state index is 8.92. The molecular weight excluding hydrogens is 220 g/mol. The van der Waals surface area contributed by atoms with Crippen LogP contribution in [0.5, 0.6) is 0 Å². The van der Waals surface area contributed by atoms with E-state index in [0.717, 1.165) is 18.0 Å². The molecule has 2 heteroatoms. The van der Waals surface area contributed by atoms with E-state index in [4.69, 9.17) is 5.26 Å². The second-order valence-electron chi connectivity index (χ2n) is 5.29. The topological polar surface area (TPSA) is 27.0 Å². The van der Waals surface area contributed by atoms with Crippen LogP contribution in [0.4, 0.5) is 0 Å². The Labute approximate surface area is 110 Å². The summed E-state index contributed by atoms with van der Waals surface area (Å²) in [6, 6.07) is 10.2. The van der Waals surface area contributed by atoms with Crippen molar-refractivity contribution >= 4 is 0 Å². The van der Waals surface area contributed by atoms with Crippen molar-refractivity contribution in [1.29, 1.82) is 5.26 Å². The van der Waals surface area contributed by atoms with Gasteiger partial charge in [0.2, 0.25) is 0 Å². The molecule has 1 aromatic rings. The maximum Gasteiger partial charge on any atom is 0.0991 e. The smallest absolute Gasteiger partial charge is 0.0991 e. The van der Waals surface area contributed by atoms with E-state index in [9.17, 15) is 0 Å². The summed E-state index contributed by atoms with van der Waals surface area (Å²) in [6.45, 7) is 5.70. The van der Waals surface area contributed by atoms with Gasteiger partial charge >= 0.3 is 0 Å². The summed E-state index contributed by atoms with van der Waals surface area (Å²) in [6.07, 6.45) is 5.34. The summed E-state index contributed by atoms with van der Waals surface area (Å²) >= 11 is 0. The molecule has 0 spiro atoms. The molecule has 0 aromatic heterocycles. The van der Waals surface area contributed by atoms with Crippen molar-refractivity contribution in [2.45, 2.75) is 39.2 Å². The van der Waals surface area contributed by atoms with E-state index in [-0.39, 0.29) is 0 Å². The fourth-order valence-electron chi connectivity index (χ4n) is 2.79. The number of rotatable bonds is 3. The van der Waals surface area contributed by atoms with Crippen molar-refractivity contribution in [2.75, 3.05) is 13.1 Å². The van der Waals surface area contributed by atoms with Gasteiger partial charge in [-0.05, 0) is 56.0 Å². The van der Waals surface area contributed by atoms with Crippen LogP contribution in [0.3, 0.4) is 0 Å². The SMILES string of the molecule is CCC1CCCN(Cc2cccc(C#N)c2)CC1. The molecule has 0 aliphatic carbocycles. The van der Waals surface area contributed by atoms with Gasteiger partial charge in [-0.25, -0.2) is 0 Å². The third-order valence-electron chi connectivity index (χ3n) is 3.98. The largest absolute Gasteiger partial charge is 0.299 e. The zero-order valence-corrected chi connectivity index (χ0v) is 11.2. The highest BCUT2D eigenvalue weighted by Crippen LogP contribution is 2.21. The van der Waals surface area contributed by atoms with Gasteiger partial charge in [0.05, 0.1) is 11.6 Å². The van der Waals surface area contributed by atoms with Gasteiger partial charge in [0.25, 0.3) is 0 Å². The van der Waals surface area contributed by atoms with E-state index >= 15 is 0 Å². The standard InChI is InChI=1S/C16H22N2/c1-2-14-7-4-9-18(10-8-14)13-16-6-3-5-15(11-16)12-17/h3,5-6,11,14H,2,4,7-10,13H2,1H3. The van der Waals surface area contributed by atoms with Crippen LogP contribution < -0.4 is 0 Å². The minimum atomic E-state index is 0.772. The molecule has 0 radical (unpaired) electrons. The first-order valence-corrected chi connectivity index (χ1v) is 7.03. The van der Waals surface area contributed by atoms with Crippen LogP contribution in [0, 0.1) is 17.2 Å². The van der Waals surface area contributed by atoms with Gasteiger partial charge in [0.15, 0.2) is 0 Å². The lowest BCUT2D eigenvalue weighted by Gasteiger charge is -2.20. The number of hydrogen-bond acceptors (Lipinski definition) is 2. The predicted octanol–water partition coefficient (Wildman–Crippen LogP) is 3.57. The van der Waals surface area contributed by atoms with E-state index in [1.807, 2.05) is 18.2 Å². The average Bonchev–Trinajstić information content (AvgIpc) is 2.64. The molecule has 1 aliphatic rings. The molecule has 0 bridgehead atoms. The fraction of sp³-hybridized carbons (Fsp3) is 0.562. The molecule has 18 heavy (non-hydrogen) atoms. The highest BCUT2D eigenvalue weighted by atomic mass is 15.1. The molecule has 1 aromatic carbocycles. The minimum absolute atomic E-state index is 0.772. The van der Waals surface area contributed by atoms with Crippen LogP contribution in [0.25, 0.3) is 0 Å². The Hall–Kier alpha value is -1.33. The van der Waals surface area contributed by atoms with Gasteiger partial charge < -0.3 is 0 Å². The Morgan fingerprint density at radius 1 is 1.33 bits per heavy atom. The van der Waals surface area contributed by atoms with Crippen LogP contribution >= 0.6 is 0 Å². The van der Waals surface area contributed by atoms with Crippen LogP contribution in [0.1, 0.15) is 43.7 Å². The summed E-state index contributed by atoms with van der Waals surface area (Å²) < 4.78 is 0. The number of hydrogen-bond donors (Lipinski definition) is 0. The van der Waals surface area contributed by atoms with Gasteiger partial charge in [-0.15, -0.1) is 0 Å². The quantitative estimate of drug-likeness (QED) is 0.810. The second-order valence-corrected chi connectivity index (χ2v) is 5.29. The number of nitriles is 1. The van der Waals surface area contributed by atoms with Crippen LogP contribution in [-0.4, -0.2) is 18.0 Å². The van der Waals surface area contributed by atoms with Crippen molar-refractivity contribution in [3.8, 4) is 6.07 Å². The minimum Gasteiger partial charge on any atom is -0.299 e. The molecule has 0 amide bonds. The summed E-state index contributed by atoms with van der Waals surface area (Å²) in [5.41, 5.74) is 2.04. The molecule has 1 unspecified atom stereocenters. The summed E-state index contributed by atoms with van der Waals surface area (Å²) in [4.78, 5) is 2.53. The number of nitrogens with zero attached hydrogens (tertiary/aromatic N) is 2. The Bertz CT molecular complexity index is 419. The maximum atomic E-state index is 8.92. The van der Waals surface area contributed by atoms with Gasteiger partial charge in [-0.3, -0.25) is 4.90 Å². The number of benzene rings is 1. The van der Waals surface area contributed by atoms with Crippen molar-refractivity contribution < 1.29 is 0 Å². The van der Waals surface area contributed by atoms with Crippen molar-refractivity contribution in [1.82, 2.24) is 4.90 Å². The fourth-order valence-corrected chi connectivity index (χ4v) is 2.79. The van der Waals surface area contributed by atoms with E-state index in [1.54, 1.807) is 0 Å². The van der Waals surface area contributed by atoms with E-state index in [0.29, 0.717) is 0 Å². The molecule has 2 nitrogen and oxygen atoms in total. The summed E-state index contributed by atoms with van der Waals surface area (Å²) in [5.74, 6) is 0.917. The number of likely N-dealkylation sites (tertiary alicyclic amines) is 1. The molecule has 0 N–H and O–H groups in total. The van der Waals surface area contributed by atoms with Crippen molar-refractivity contribution in [2.24, 2.45) is 5.92 Å². The summed E-state index contributed by atoms with van der Waals surface area (Å²) in [7, 11) is 0. The lowest BCUT2D eigenvalue weighted by atomic mass is 9.98. The molecule has 1 saturated heterocycles. The second kappa shape index (κ2) is 6.56. The van der Waals surface area contributed by atoms with Gasteiger partial charge in [0.1, 0.15) is 0 Å².